The lowest BCUT2D eigenvalue weighted by atomic mass is 9.70. The van der Waals surface area contributed by atoms with Gasteiger partial charge in [0.25, 0.3) is 0 Å². The van der Waals surface area contributed by atoms with Gasteiger partial charge in [-0.2, -0.15) is 0 Å². The Morgan fingerprint density at radius 3 is 2.43 bits per heavy atom. The van der Waals surface area contributed by atoms with E-state index >= 15 is 0 Å². The number of unbranched alkanes of at least 4 members (excludes halogenated alkanes) is 1. The molecular weight excluding hydrogens is 642 g/mol. The lowest BCUT2D eigenvalue weighted by Gasteiger charge is -2.40. The van der Waals surface area contributed by atoms with Gasteiger partial charge in [-0.25, -0.2) is 0 Å². The molecule has 3 unspecified atom stereocenters. The van der Waals surface area contributed by atoms with E-state index in [1.807, 2.05) is 31.2 Å². The topological polar surface area (TPSA) is 90.4 Å². The van der Waals surface area contributed by atoms with Gasteiger partial charge >= 0.3 is 0 Å². The highest BCUT2D eigenvalue weighted by molar-refractivity contribution is 9.09. The molecule has 8 nitrogen and oxygen atoms in total. The zero-order chi connectivity index (χ0) is 32.2. The monoisotopic (exact) mass is 689 g/mol. The second kappa shape index (κ2) is 14.9. The Morgan fingerprint density at radius 2 is 1.86 bits per heavy atom. The molecule has 0 aliphatic carbocycles. The van der Waals surface area contributed by atoms with Crippen LogP contribution in [0.3, 0.4) is 0 Å². The van der Waals surface area contributed by atoms with Crippen molar-refractivity contribution in [3.05, 3.63) is 49.6 Å². The summed E-state index contributed by atoms with van der Waals surface area (Å²) in [6, 6.07) is 6.09. The summed E-state index contributed by atoms with van der Waals surface area (Å²) >= 11 is 5.50. The Bertz CT molecular complexity index is 1210. The number of nitrogens with zero attached hydrogens (tertiary/aromatic N) is 3. The van der Waals surface area contributed by atoms with Gasteiger partial charge in [0.15, 0.2) is 0 Å². The maximum absolute atomic E-state index is 14.7. The molecule has 1 spiro atoms. The molecule has 2 bridgehead atoms. The van der Waals surface area contributed by atoms with Crippen LogP contribution in [-0.4, -0.2) is 92.4 Å². The summed E-state index contributed by atoms with van der Waals surface area (Å²) in [6.07, 6.45) is 6.33. The number of aliphatic hydroxyl groups is 1. The van der Waals surface area contributed by atoms with Gasteiger partial charge in [0, 0.05) is 35.4 Å². The van der Waals surface area contributed by atoms with Gasteiger partial charge in [0.2, 0.25) is 17.7 Å². The minimum absolute atomic E-state index is 0.0483. The molecule has 7 atom stereocenters. The Labute approximate surface area is 275 Å². The molecule has 4 rings (SSSR count). The fraction of sp³-hybridized carbons (Fsp3) is 0.618. The average molecular weight is 691 g/mol. The molecule has 1 aromatic rings. The Kier molecular flexibility index (Phi) is 11.7. The van der Waals surface area contributed by atoms with Crippen molar-refractivity contribution in [3.8, 4) is 5.75 Å². The number of anilines is 1. The van der Waals surface area contributed by atoms with Gasteiger partial charge in [-0.05, 0) is 56.4 Å². The van der Waals surface area contributed by atoms with E-state index in [1.54, 1.807) is 38.6 Å². The predicted molar refractivity (Wildman–Crippen MR) is 181 cm³/mol. The van der Waals surface area contributed by atoms with Crippen LogP contribution in [0.5, 0.6) is 5.75 Å². The third kappa shape index (κ3) is 6.36. The molecule has 44 heavy (non-hydrogen) atoms. The van der Waals surface area contributed by atoms with Crippen LogP contribution in [0.2, 0.25) is 0 Å². The molecule has 3 heterocycles. The summed E-state index contributed by atoms with van der Waals surface area (Å²) in [5.74, 6) is -0.872. The maximum Gasteiger partial charge on any atom is 0.247 e. The number of alkyl halides is 1. The number of carbonyl (C=O) groups is 3. The molecule has 0 aromatic heterocycles. The molecule has 3 saturated heterocycles. The number of carbonyl (C=O) groups excluding carboxylic acids is 3. The maximum atomic E-state index is 14.7. The Morgan fingerprint density at radius 1 is 1.18 bits per heavy atom. The van der Waals surface area contributed by atoms with Crippen LogP contribution in [0.4, 0.5) is 5.69 Å². The molecule has 242 valence electrons. The zero-order valence-corrected chi connectivity index (χ0v) is 28.9. The first-order valence-electron chi connectivity index (χ1n) is 15.9. The van der Waals surface area contributed by atoms with Gasteiger partial charge in [-0.3, -0.25) is 14.4 Å². The summed E-state index contributed by atoms with van der Waals surface area (Å²) in [5.41, 5.74) is 0.700. The van der Waals surface area contributed by atoms with E-state index in [1.165, 1.54) is 0 Å². The van der Waals surface area contributed by atoms with Crippen LogP contribution in [0.25, 0.3) is 0 Å². The third-order valence-corrected chi connectivity index (χ3v) is 12.3. The van der Waals surface area contributed by atoms with Crippen LogP contribution < -0.4 is 9.64 Å². The molecule has 1 aromatic carbocycles. The van der Waals surface area contributed by atoms with Crippen molar-refractivity contribution in [1.82, 2.24) is 9.80 Å². The van der Waals surface area contributed by atoms with Gasteiger partial charge in [-0.15, -0.1) is 24.9 Å². The first-order valence-corrected chi connectivity index (χ1v) is 17.7. The number of likely N-dealkylation sites (tertiary alicyclic amines) is 1. The van der Waals surface area contributed by atoms with Crippen LogP contribution in [-0.2, 0) is 14.4 Å². The second-order valence-electron chi connectivity index (χ2n) is 12.5. The SMILES string of the molecule is C=CCN(CCCC)C(=O)C1N([C@@H](CO)CC(C)C)C(=O)[C@@H]2[C@H](C(=O)N(CC=C)c3ccc(OCC)cc3)[C@H]3SC12CC3Br. The standard InChI is InChI=1S/C34H48BrN3O5S/c1-7-11-18-36(16-8-2)33(42)30-34-20-26(35)29(44-34)27(28(34)32(41)38(30)24(21-39)19-22(5)6)31(40)37(17-9-3)23-12-14-25(15-13-23)43-10-4/h8-9,12-15,22,24,26-30,39H,2-3,7,10-11,16-21H2,1,4-6H3/t24-,26?,27+,28+,29+,30?,34?/m1/s1. The average Bonchev–Trinajstić information content (AvgIpc) is 3.60. The minimum Gasteiger partial charge on any atom is -0.494 e. The van der Waals surface area contributed by atoms with Crippen LogP contribution in [0.1, 0.15) is 53.4 Å². The summed E-state index contributed by atoms with van der Waals surface area (Å²) in [4.78, 5) is 49.1. The number of aliphatic hydroxyl groups excluding tert-OH is 1. The van der Waals surface area contributed by atoms with Crippen LogP contribution in [0, 0.1) is 17.8 Å². The normalized spacial score (nSPS) is 27.8. The lowest BCUT2D eigenvalue weighted by molar-refractivity contribution is -0.146. The molecule has 3 fully saturated rings. The van der Waals surface area contributed by atoms with E-state index in [0.717, 1.165) is 12.8 Å². The first-order chi connectivity index (χ1) is 21.1. The quantitative estimate of drug-likeness (QED) is 0.187. The van der Waals surface area contributed by atoms with Gasteiger partial charge in [-0.1, -0.05) is 55.3 Å². The number of rotatable bonds is 16. The molecule has 0 saturated carbocycles. The number of amides is 3. The highest BCUT2D eigenvalue weighted by Gasteiger charge is 2.76. The second-order valence-corrected chi connectivity index (χ2v) is 15.2. The third-order valence-electron chi connectivity index (χ3n) is 9.07. The summed E-state index contributed by atoms with van der Waals surface area (Å²) < 4.78 is 4.82. The molecule has 3 aliphatic rings. The molecule has 0 radical (unpaired) electrons. The first kappa shape index (κ1) is 34.6. The molecule has 1 N–H and O–H groups in total. The summed E-state index contributed by atoms with van der Waals surface area (Å²) in [5, 5.41) is 10.4. The minimum atomic E-state index is -0.790. The van der Waals surface area contributed by atoms with E-state index in [9.17, 15) is 19.5 Å². The largest absolute Gasteiger partial charge is 0.494 e. The number of hydrogen-bond donors (Lipinski definition) is 1. The number of ether oxygens (including phenoxy) is 1. The van der Waals surface area contributed by atoms with Crippen LogP contribution >= 0.6 is 27.7 Å². The van der Waals surface area contributed by atoms with E-state index in [-0.39, 0.29) is 46.9 Å². The van der Waals surface area contributed by atoms with Crippen molar-refractivity contribution in [2.45, 2.75) is 80.3 Å². The van der Waals surface area contributed by atoms with Crippen molar-refractivity contribution >= 4 is 51.1 Å². The van der Waals surface area contributed by atoms with Gasteiger partial charge in [0.1, 0.15) is 11.8 Å². The van der Waals surface area contributed by atoms with Gasteiger partial charge in [0.05, 0.1) is 35.8 Å². The van der Waals surface area contributed by atoms with Crippen molar-refractivity contribution in [3.63, 3.8) is 0 Å². The highest BCUT2D eigenvalue weighted by Crippen LogP contribution is 2.68. The number of halogens is 1. The Balaban J connectivity index is 1.80. The van der Waals surface area contributed by atoms with E-state index in [0.29, 0.717) is 44.0 Å². The fourth-order valence-corrected chi connectivity index (χ4v) is 10.9. The van der Waals surface area contributed by atoms with E-state index < -0.39 is 28.7 Å². The Hall–Kier alpha value is -2.30. The van der Waals surface area contributed by atoms with Gasteiger partial charge < -0.3 is 24.5 Å². The number of benzene rings is 1. The van der Waals surface area contributed by atoms with E-state index in [2.05, 4.69) is 49.9 Å². The highest BCUT2D eigenvalue weighted by atomic mass is 79.9. The predicted octanol–water partition coefficient (Wildman–Crippen LogP) is 5.29. The number of thioether (sulfide) groups is 1. The van der Waals surface area contributed by atoms with E-state index in [4.69, 9.17) is 4.74 Å². The van der Waals surface area contributed by atoms with Crippen molar-refractivity contribution in [1.29, 1.82) is 0 Å². The molecule has 10 heteroatoms. The summed E-state index contributed by atoms with van der Waals surface area (Å²) in [6.45, 7) is 17.4. The summed E-state index contributed by atoms with van der Waals surface area (Å²) in [7, 11) is 0. The van der Waals surface area contributed by atoms with Crippen molar-refractivity contribution in [2.24, 2.45) is 17.8 Å². The molecule has 3 aliphatic heterocycles. The number of fused-ring (bicyclic) bond motifs is 1. The molecule has 3 amide bonds. The van der Waals surface area contributed by atoms with Crippen LogP contribution in [0.15, 0.2) is 49.6 Å². The smallest absolute Gasteiger partial charge is 0.247 e. The van der Waals surface area contributed by atoms with Crippen molar-refractivity contribution in [2.75, 3.05) is 37.7 Å². The van der Waals surface area contributed by atoms with Crippen molar-refractivity contribution < 1.29 is 24.2 Å². The fourth-order valence-electron chi connectivity index (χ4n) is 7.33. The number of hydrogen-bond acceptors (Lipinski definition) is 6. The molecular formula is C34H48BrN3O5S. The lowest BCUT2D eigenvalue weighted by Crippen LogP contribution is -2.58. The zero-order valence-electron chi connectivity index (χ0n) is 26.5.